The summed E-state index contributed by atoms with van der Waals surface area (Å²) < 4.78 is 26.4. The monoisotopic (exact) mass is 275 g/mol. The molecule has 4 heteroatoms. The second-order valence-electron chi connectivity index (χ2n) is 4.03. The molecule has 0 fully saturated rings. The average Bonchev–Trinajstić information content (AvgIpc) is 2.36. The van der Waals surface area contributed by atoms with Gasteiger partial charge < -0.3 is 0 Å². The maximum absolute atomic E-state index is 11.9. The number of benzene rings is 1. The van der Waals surface area contributed by atoms with Gasteiger partial charge in [0.1, 0.15) is 0 Å². The summed E-state index contributed by atoms with van der Waals surface area (Å²) >= 11 is 0. The van der Waals surface area contributed by atoms with E-state index in [0.717, 1.165) is 11.1 Å². The van der Waals surface area contributed by atoms with Crippen molar-refractivity contribution in [1.29, 1.82) is 0 Å². The number of nitrogens with one attached hydrogen (secondary N) is 1. The minimum Gasteiger partial charge on any atom is -0.207 e. The fourth-order valence-electron chi connectivity index (χ4n) is 1.32. The topological polar surface area (TPSA) is 46.2 Å². The molecule has 100 valence electrons. The molecule has 1 N–H and O–H groups in total. The summed E-state index contributed by atoms with van der Waals surface area (Å²) in [4.78, 5) is 0.265. The molecular weight excluding hydrogens is 258 g/mol. The van der Waals surface area contributed by atoms with E-state index in [2.05, 4.69) is 23.1 Å². The van der Waals surface area contributed by atoms with Gasteiger partial charge in [-0.2, -0.15) is 0 Å². The van der Waals surface area contributed by atoms with Crippen LogP contribution in [0.1, 0.15) is 12.5 Å². The van der Waals surface area contributed by atoms with Crippen molar-refractivity contribution in [1.82, 2.24) is 4.72 Å². The fourth-order valence-corrected chi connectivity index (χ4v) is 2.28. The summed E-state index contributed by atoms with van der Waals surface area (Å²) in [6.07, 6.45) is 3.22. The first-order valence-electron chi connectivity index (χ1n) is 5.81. The first-order chi connectivity index (χ1) is 8.95. The molecule has 0 radical (unpaired) electrons. The fraction of sp³-hybridized carbons (Fsp3) is 0.200. The van der Waals surface area contributed by atoms with Crippen molar-refractivity contribution in [3.05, 3.63) is 54.1 Å². The largest absolute Gasteiger partial charge is 0.240 e. The van der Waals surface area contributed by atoms with Gasteiger partial charge in [0.15, 0.2) is 0 Å². The Hall–Kier alpha value is -1.83. The Balaban J connectivity index is 2.71. The Morgan fingerprint density at radius 3 is 2.58 bits per heavy atom. The second-order valence-corrected chi connectivity index (χ2v) is 5.79. The van der Waals surface area contributed by atoms with Gasteiger partial charge in [0.05, 0.1) is 4.90 Å². The quantitative estimate of drug-likeness (QED) is 0.858. The van der Waals surface area contributed by atoms with Crippen LogP contribution >= 0.6 is 0 Å². The van der Waals surface area contributed by atoms with E-state index in [4.69, 9.17) is 0 Å². The van der Waals surface area contributed by atoms with Crippen LogP contribution in [0.2, 0.25) is 0 Å². The third kappa shape index (κ3) is 5.12. The van der Waals surface area contributed by atoms with Crippen LogP contribution in [0.25, 0.3) is 0 Å². The average molecular weight is 275 g/mol. The zero-order valence-corrected chi connectivity index (χ0v) is 11.9. The van der Waals surface area contributed by atoms with E-state index in [-0.39, 0.29) is 11.4 Å². The van der Waals surface area contributed by atoms with Crippen molar-refractivity contribution in [3.63, 3.8) is 0 Å². The number of rotatable bonds is 4. The highest BCUT2D eigenvalue weighted by atomic mass is 32.2. The Kier molecular flexibility index (Phi) is 5.56. The molecule has 0 atom stereocenters. The highest BCUT2D eigenvalue weighted by Gasteiger charge is 2.11. The lowest BCUT2D eigenvalue weighted by Gasteiger charge is -2.04. The highest BCUT2D eigenvalue weighted by molar-refractivity contribution is 7.89. The lowest BCUT2D eigenvalue weighted by molar-refractivity contribution is 0.585. The van der Waals surface area contributed by atoms with E-state index in [9.17, 15) is 8.42 Å². The number of aryl methyl sites for hydroxylation is 1. The second kappa shape index (κ2) is 6.93. The van der Waals surface area contributed by atoms with Crippen LogP contribution in [0.4, 0.5) is 0 Å². The van der Waals surface area contributed by atoms with Crippen LogP contribution in [0.15, 0.2) is 53.5 Å². The maximum atomic E-state index is 11.9. The van der Waals surface area contributed by atoms with E-state index >= 15 is 0 Å². The predicted octanol–water partition coefficient (Wildman–Crippen LogP) is 2.41. The molecule has 0 saturated heterocycles. The summed E-state index contributed by atoms with van der Waals surface area (Å²) in [5.41, 5.74) is 1.82. The first kappa shape index (κ1) is 15.2. The van der Waals surface area contributed by atoms with Crippen LogP contribution in [0.5, 0.6) is 0 Å². The number of sulfonamides is 1. The smallest absolute Gasteiger partial charge is 0.207 e. The molecule has 1 rings (SSSR count). The molecule has 0 bridgehead atoms. The van der Waals surface area contributed by atoms with E-state index in [1.54, 1.807) is 30.3 Å². The molecular formula is C15H17NO2S. The van der Waals surface area contributed by atoms with Crippen molar-refractivity contribution in [2.75, 3.05) is 6.54 Å². The molecule has 0 saturated carbocycles. The predicted molar refractivity (Wildman–Crippen MR) is 78.1 cm³/mol. The molecule has 3 nitrogen and oxygen atoms in total. The van der Waals surface area contributed by atoms with Gasteiger partial charge in [-0.25, -0.2) is 13.1 Å². The number of hydrogen-bond donors (Lipinski definition) is 1. The molecule has 0 aromatic heterocycles. The van der Waals surface area contributed by atoms with E-state index in [1.807, 2.05) is 13.8 Å². The van der Waals surface area contributed by atoms with Gasteiger partial charge in [-0.3, -0.25) is 0 Å². The van der Waals surface area contributed by atoms with Crippen LogP contribution < -0.4 is 4.72 Å². The minimum atomic E-state index is -3.46. The Bertz CT molecular complexity index is 629. The lowest BCUT2D eigenvalue weighted by atomic mass is 10.2. The standard InChI is InChI=1S/C15H17NO2S/c1-4-5-6-13(2)11-12-16-19(17,18)15-9-7-14(3)8-10-15/h4,7-11,16H,1,12H2,2-3H3/b13-11+. The van der Waals surface area contributed by atoms with Crippen LogP contribution in [-0.4, -0.2) is 15.0 Å². The Labute approximate surface area is 115 Å². The molecule has 0 aliphatic heterocycles. The summed E-state index contributed by atoms with van der Waals surface area (Å²) in [5, 5.41) is 0. The molecule has 0 amide bonds. The van der Waals surface area contributed by atoms with Gasteiger partial charge in [-0.05, 0) is 37.6 Å². The molecule has 0 heterocycles. The zero-order valence-electron chi connectivity index (χ0n) is 11.1. The molecule has 0 unspecified atom stereocenters. The van der Waals surface area contributed by atoms with Gasteiger partial charge in [-0.15, -0.1) is 0 Å². The van der Waals surface area contributed by atoms with Gasteiger partial charge in [0.2, 0.25) is 10.0 Å². The zero-order chi connectivity index (χ0) is 14.3. The highest BCUT2D eigenvalue weighted by Crippen LogP contribution is 2.09. The maximum Gasteiger partial charge on any atom is 0.240 e. The number of hydrogen-bond acceptors (Lipinski definition) is 2. The first-order valence-corrected chi connectivity index (χ1v) is 7.29. The van der Waals surface area contributed by atoms with E-state index in [1.165, 1.54) is 6.08 Å². The van der Waals surface area contributed by atoms with Crippen LogP contribution in [0, 0.1) is 18.8 Å². The normalized spacial score (nSPS) is 11.6. The van der Waals surface area contributed by atoms with Gasteiger partial charge in [0.25, 0.3) is 0 Å². The van der Waals surface area contributed by atoms with Crippen molar-refractivity contribution in [3.8, 4) is 11.8 Å². The number of allylic oxidation sites excluding steroid dienone is 2. The van der Waals surface area contributed by atoms with Crippen LogP contribution in [-0.2, 0) is 10.0 Å². The van der Waals surface area contributed by atoms with E-state index < -0.39 is 10.0 Å². The molecule has 0 aliphatic carbocycles. The van der Waals surface area contributed by atoms with Crippen LogP contribution in [0.3, 0.4) is 0 Å². The molecule has 1 aromatic carbocycles. The Morgan fingerprint density at radius 1 is 1.37 bits per heavy atom. The minimum absolute atomic E-state index is 0.216. The van der Waals surface area contributed by atoms with Gasteiger partial charge in [-0.1, -0.05) is 42.2 Å². The summed E-state index contributed by atoms with van der Waals surface area (Å²) in [6, 6.07) is 6.72. The molecule has 19 heavy (non-hydrogen) atoms. The third-order valence-corrected chi connectivity index (χ3v) is 3.82. The van der Waals surface area contributed by atoms with Crippen molar-refractivity contribution in [2.24, 2.45) is 0 Å². The van der Waals surface area contributed by atoms with Gasteiger partial charge >= 0.3 is 0 Å². The van der Waals surface area contributed by atoms with Gasteiger partial charge in [0, 0.05) is 6.54 Å². The molecule has 0 spiro atoms. The third-order valence-electron chi connectivity index (χ3n) is 2.38. The summed E-state index contributed by atoms with van der Waals surface area (Å²) in [7, 11) is -3.46. The van der Waals surface area contributed by atoms with Crippen molar-refractivity contribution < 1.29 is 8.42 Å². The molecule has 1 aromatic rings. The lowest BCUT2D eigenvalue weighted by Crippen LogP contribution is -2.23. The Morgan fingerprint density at radius 2 is 2.00 bits per heavy atom. The van der Waals surface area contributed by atoms with E-state index in [0.29, 0.717) is 0 Å². The van der Waals surface area contributed by atoms with Crippen molar-refractivity contribution in [2.45, 2.75) is 18.7 Å². The summed E-state index contributed by atoms with van der Waals surface area (Å²) in [5.74, 6) is 5.53. The van der Waals surface area contributed by atoms with Crippen molar-refractivity contribution >= 4 is 10.0 Å². The SMILES string of the molecule is C=CC#C/C(C)=C/CNS(=O)(=O)c1ccc(C)cc1. The summed E-state index contributed by atoms with van der Waals surface area (Å²) in [6.45, 7) is 7.43. The molecule has 0 aliphatic rings.